The summed E-state index contributed by atoms with van der Waals surface area (Å²) < 4.78 is 1.62. The minimum absolute atomic E-state index is 0.187. The lowest BCUT2D eigenvalue weighted by Crippen LogP contribution is -2.00. The van der Waals surface area contributed by atoms with Crippen molar-refractivity contribution in [3.05, 3.63) is 35.2 Å². The van der Waals surface area contributed by atoms with Crippen LogP contribution in [0.3, 0.4) is 0 Å². The highest BCUT2D eigenvalue weighted by molar-refractivity contribution is 7.13. The van der Waals surface area contributed by atoms with Crippen LogP contribution < -0.4 is 0 Å². The number of aliphatic hydroxyl groups is 1. The molecule has 3 heterocycles. The van der Waals surface area contributed by atoms with Gasteiger partial charge in [0.2, 0.25) is 5.13 Å². The molecule has 0 amide bonds. The number of hydrogen-bond donors (Lipinski definition) is 1. The van der Waals surface area contributed by atoms with E-state index >= 15 is 0 Å². The number of nitrogens with zero attached hydrogens (tertiary/aromatic N) is 6. The van der Waals surface area contributed by atoms with Crippen LogP contribution in [-0.4, -0.2) is 35.3 Å². The number of hydrogen-bond acceptors (Lipinski definition) is 7. The van der Waals surface area contributed by atoms with Gasteiger partial charge in [-0.1, -0.05) is 30.4 Å². The summed E-state index contributed by atoms with van der Waals surface area (Å²) in [6.07, 6.45) is 3.38. The lowest BCUT2D eigenvalue weighted by molar-refractivity contribution is 0.277. The lowest BCUT2D eigenvalue weighted by Gasteiger charge is -2.03. The van der Waals surface area contributed by atoms with Crippen LogP contribution in [0.25, 0.3) is 16.4 Å². The second-order valence-corrected chi connectivity index (χ2v) is 5.76. The van der Waals surface area contributed by atoms with Crippen molar-refractivity contribution in [3.8, 4) is 16.4 Å². The minimum atomic E-state index is -0.187. The Labute approximate surface area is 125 Å². The Morgan fingerprint density at radius 1 is 1.19 bits per heavy atom. The molecule has 0 atom stereocenters. The molecule has 3 aromatic rings. The van der Waals surface area contributed by atoms with E-state index in [-0.39, 0.29) is 6.61 Å². The minimum Gasteiger partial charge on any atom is -0.390 e. The second-order valence-electron chi connectivity index (χ2n) is 4.77. The highest BCUT2D eigenvalue weighted by Gasteiger charge is 2.19. The third-order valence-electron chi connectivity index (χ3n) is 2.95. The zero-order valence-electron chi connectivity index (χ0n) is 11.6. The van der Waals surface area contributed by atoms with E-state index in [0.717, 1.165) is 10.6 Å². The van der Waals surface area contributed by atoms with Crippen molar-refractivity contribution >= 4 is 11.3 Å². The van der Waals surface area contributed by atoms with Crippen LogP contribution in [0.5, 0.6) is 0 Å². The average Bonchev–Trinajstić information content (AvgIpc) is 3.14. The van der Waals surface area contributed by atoms with Crippen LogP contribution in [0.4, 0.5) is 0 Å². The van der Waals surface area contributed by atoms with Gasteiger partial charge in [0.15, 0.2) is 0 Å². The Morgan fingerprint density at radius 2 is 1.95 bits per heavy atom. The zero-order valence-corrected chi connectivity index (χ0v) is 12.4. The SMILES string of the molecule is CC(C)c1nnc(-n2nnc(CO)c2-c2ccncc2)s1. The molecule has 3 rings (SSSR count). The third-order valence-corrected chi connectivity index (χ3v) is 4.15. The van der Waals surface area contributed by atoms with E-state index < -0.39 is 0 Å². The highest BCUT2D eigenvalue weighted by Crippen LogP contribution is 2.28. The van der Waals surface area contributed by atoms with Crippen molar-refractivity contribution in [1.82, 2.24) is 30.2 Å². The van der Waals surface area contributed by atoms with Gasteiger partial charge in [-0.05, 0) is 12.1 Å². The van der Waals surface area contributed by atoms with Gasteiger partial charge < -0.3 is 5.11 Å². The maximum Gasteiger partial charge on any atom is 0.234 e. The Hall–Kier alpha value is -2.19. The van der Waals surface area contributed by atoms with E-state index in [1.807, 2.05) is 12.1 Å². The van der Waals surface area contributed by atoms with E-state index in [1.54, 1.807) is 17.1 Å². The van der Waals surface area contributed by atoms with Gasteiger partial charge >= 0.3 is 0 Å². The Kier molecular flexibility index (Phi) is 3.72. The molecule has 0 fully saturated rings. The van der Waals surface area contributed by atoms with Gasteiger partial charge in [-0.25, -0.2) is 0 Å². The van der Waals surface area contributed by atoms with E-state index in [4.69, 9.17) is 0 Å². The molecule has 7 nitrogen and oxygen atoms in total. The van der Waals surface area contributed by atoms with E-state index in [0.29, 0.717) is 22.4 Å². The molecule has 0 aliphatic heterocycles. The molecule has 0 aliphatic rings. The van der Waals surface area contributed by atoms with Crippen LogP contribution in [0.1, 0.15) is 30.5 Å². The number of aliphatic hydroxyl groups excluding tert-OH is 1. The van der Waals surface area contributed by atoms with Gasteiger partial charge in [0.1, 0.15) is 16.4 Å². The largest absolute Gasteiger partial charge is 0.390 e. The maximum atomic E-state index is 9.47. The van der Waals surface area contributed by atoms with Crippen molar-refractivity contribution < 1.29 is 5.11 Å². The topological polar surface area (TPSA) is 89.6 Å². The molecule has 0 radical (unpaired) electrons. The normalized spacial score (nSPS) is 11.2. The fourth-order valence-electron chi connectivity index (χ4n) is 1.90. The summed E-state index contributed by atoms with van der Waals surface area (Å²) in [5, 5.41) is 27.5. The number of aromatic nitrogens is 6. The molecule has 0 saturated carbocycles. The van der Waals surface area contributed by atoms with Gasteiger partial charge in [-0.3, -0.25) is 4.98 Å². The molecule has 0 saturated heterocycles. The van der Waals surface area contributed by atoms with Gasteiger partial charge in [0.05, 0.1) is 6.61 Å². The fraction of sp³-hybridized carbons (Fsp3) is 0.308. The molecule has 8 heteroatoms. The van der Waals surface area contributed by atoms with E-state index in [1.165, 1.54) is 11.3 Å². The summed E-state index contributed by atoms with van der Waals surface area (Å²) in [5.41, 5.74) is 2.09. The molecule has 108 valence electrons. The summed E-state index contributed by atoms with van der Waals surface area (Å²) in [5.74, 6) is 0.307. The highest BCUT2D eigenvalue weighted by atomic mass is 32.1. The summed E-state index contributed by atoms with van der Waals surface area (Å²) >= 11 is 1.47. The maximum absolute atomic E-state index is 9.47. The molecule has 3 aromatic heterocycles. The standard InChI is InChI=1S/C13H14N6OS/c1-8(2)12-16-17-13(21-12)19-11(10(7-20)15-18-19)9-3-5-14-6-4-9/h3-6,8,20H,7H2,1-2H3. The number of rotatable bonds is 4. The smallest absolute Gasteiger partial charge is 0.234 e. The number of pyridine rings is 1. The summed E-state index contributed by atoms with van der Waals surface area (Å²) in [6.45, 7) is 3.94. The molecule has 0 bridgehead atoms. The predicted octanol–water partition coefficient (Wildman–Crippen LogP) is 1.80. The van der Waals surface area contributed by atoms with Crippen molar-refractivity contribution in [2.24, 2.45) is 0 Å². The summed E-state index contributed by atoms with van der Waals surface area (Å²) in [7, 11) is 0. The molecular formula is C13H14N6OS. The molecule has 0 spiro atoms. The van der Waals surface area contributed by atoms with Crippen molar-refractivity contribution in [2.75, 3.05) is 0 Å². The predicted molar refractivity (Wildman–Crippen MR) is 78.1 cm³/mol. The first-order valence-corrected chi connectivity index (χ1v) is 7.32. The van der Waals surface area contributed by atoms with Gasteiger partial charge in [-0.2, -0.15) is 4.68 Å². The van der Waals surface area contributed by atoms with Crippen LogP contribution >= 0.6 is 11.3 Å². The quantitative estimate of drug-likeness (QED) is 0.790. The second kappa shape index (κ2) is 5.66. The summed E-state index contributed by atoms with van der Waals surface area (Å²) in [4.78, 5) is 4.00. The lowest BCUT2D eigenvalue weighted by atomic mass is 10.1. The molecule has 0 aromatic carbocycles. The van der Waals surface area contributed by atoms with Crippen LogP contribution in [0.15, 0.2) is 24.5 Å². The first-order chi connectivity index (χ1) is 10.2. The Morgan fingerprint density at radius 3 is 2.57 bits per heavy atom. The van der Waals surface area contributed by atoms with E-state index in [9.17, 15) is 5.11 Å². The first-order valence-electron chi connectivity index (χ1n) is 6.50. The molecular weight excluding hydrogens is 288 g/mol. The Balaban J connectivity index is 2.13. The molecule has 1 N–H and O–H groups in total. The molecule has 21 heavy (non-hydrogen) atoms. The first kappa shape index (κ1) is 13.8. The zero-order chi connectivity index (χ0) is 14.8. The van der Waals surface area contributed by atoms with E-state index in [2.05, 4.69) is 39.3 Å². The molecule has 0 unspecified atom stereocenters. The van der Waals surface area contributed by atoms with Crippen molar-refractivity contribution in [1.29, 1.82) is 0 Å². The average molecular weight is 302 g/mol. The molecule has 0 aliphatic carbocycles. The monoisotopic (exact) mass is 302 g/mol. The van der Waals surface area contributed by atoms with Gasteiger partial charge in [-0.15, -0.1) is 15.3 Å². The van der Waals surface area contributed by atoms with Crippen LogP contribution in [-0.2, 0) is 6.61 Å². The van der Waals surface area contributed by atoms with Crippen LogP contribution in [0, 0.1) is 0 Å². The third kappa shape index (κ3) is 2.55. The van der Waals surface area contributed by atoms with Gasteiger partial charge in [0.25, 0.3) is 0 Å². The fourth-order valence-corrected chi connectivity index (χ4v) is 2.70. The van der Waals surface area contributed by atoms with Crippen molar-refractivity contribution in [3.63, 3.8) is 0 Å². The van der Waals surface area contributed by atoms with Crippen LogP contribution in [0.2, 0.25) is 0 Å². The Bertz CT molecular complexity index is 736. The van der Waals surface area contributed by atoms with Gasteiger partial charge in [0, 0.05) is 23.9 Å². The summed E-state index contributed by atoms with van der Waals surface area (Å²) in [6, 6.07) is 3.69. The van der Waals surface area contributed by atoms with Crippen molar-refractivity contribution in [2.45, 2.75) is 26.4 Å².